The Kier molecular flexibility index (Phi) is 3.65. The first-order chi connectivity index (χ1) is 9.95. The highest BCUT2D eigenvalue weighted by molar-refractivity contribution is 5.94. The molecule has 0 spiro atoms. The van der Waals surface area contributed by atoms with Gasteiger partial charge in [-0.05, 0) is 43.5 Å². The molecule has 2 aliphatic heterocycles. The van der Waals surface area contributed by atoms with E-state index in [1.54, 1.807) is 4.90 Å². The zero-order valence-corrected chi connectivity index (χ0v) is 11.5. The van der Waals surface area contributed by atoms with E-state index in [1.165, 1.54) is 12.1 Å². The lowest BCUT2D eigenvalue weighted by atomic mass is 9.94. The number of fused-ring (bicyclic) bond motifs is 1. The Balaban J connectivity index is 1.77. The van der Waals surface area contributed by atoms with Crippen molar-refractivity contribution in [1.82, 2.24) is 10.2 Å². The molecule has 21 heavy (non-hydrogen) atoms. The fraction of sp³-hybridized carbons (Fsp3) is 0.533. The van der Waals surface area contributed by atoms with Crippen LogP contribution in [0, 0.1) is 5.92 Å². The quantitative estimate of drug-likeness (QED) is 0.864. The van der Waals surface area contributed by atoms with Crippen LogP contribution in [0.4, 0.5) is 13.2 Å². The van der Waals surface area contributed by atoms with Gasteiger partial charge in [0.25, 0.3) is 5.91 Å². The second-order valence-electron chi connectivity index (χ2n) is 5.75. The smallest absolute Gasteiger partial charge is 0.337 e. The summed E-state index contributed by atoms with van der Waals surface area (Å²) in [7, 11) is 0. The number of benzene rings is 1. The minimum absolute atomic E-state index is 0.114. The van der Waals surface area contributed by atoms with Gasteiger partial charge in [-0.3, -0.25) is 4.79 Å². The third kappa shape index (κ3) is 2.90. The molecule has 0 radical (unpaired) electrons. The van der Waals surface area contributed by atoms with E-state index in [0.717, 1.165) is 31.5 Å². The molecule has 3 rings (SSSR count). The molecule has 2 atom stereocenters. The molecule has 1 aromatic rings. The predicted octanol–water partition coefficient (Wildman–Crippen LogP) is 2.53. The van der Waals surface area contributed by atoms with E-state index < -0.39 is 11.7 Å². The van der Waals surface area contributed by atoms with Gasteiger partial charge in [-0.15, -0.1) is 0 Å². The second-order valence-corrected chi connectivity index (χ2v) is 5.75. The summed E-state index contributed by atoms with van der Waals surface area (Å²) in [6.45, 7) is 2.17. The minimum Gasteiger partial charge on any atom is -0.337 e. The first-order valence-corrected chi connectivity index (χ1v) is 7.15. The molecule has 0 aromatic heterocycles. The summed E-state index contributed by atoms with van der Waals surface area (Å²) in [5.41, 5.74) is -0.661. The molecule has 1 amide bonds. The van der Waals surface area contributed by atoms with Crippen molar-refractivity contribution in [1.29, 1.82) is 0 Å². The predicted molar refractivity (Wildman–Crippen MR) is 71.9 cm³/mol. The molecule has 3 nitrogen and oxygen atoms in total. The summed E-state index contributed by atoms with van der Waals surface area (Å²) in [5, 5.41) is 3.38. The van der Waals surface area contributed by atoms with Crippen molar-refractivity contribution in [2.24, 2.45) is 5.92 Å². The van der Waals surface area contributed by atoms with Gasteiger partial charge in [0.1, 0.15) is 0 Å². The molecule has 2 unspecified atom stereocenters. The maximum absolute atomic E-state index is 12.7. The number of hydrogen-bond acceptors (Lipinski definition) is 2. The zero-order chi connectivity index (χ0) is 15.0. The van der Waals surface area contributed by atoms with Crippen molar-refractivity contribution >= 4 is 5.91 Å². The number of carbonyl (C=O) groups is 1. The van der Waals surface area contributed by atoms with E-state index in [9.17, 15) is 18.0 Å². The molecule has 2 aliphatic rings. The van der Waals surface area contributed by atoms with Crippen LogP contribution in [0.1, 0.15) is 28.8 Å². The first kappa shape index (κ1) is 14.4. The Morgan fingerprint density at radius 1 is 1.29 bits per heavy atom. The molecule has 0 bridgehead atoms. The molecule has 0 saturated carbocycles. The summed E-state index contributed by atoms with van der Waals surface area (Å²) in [5.74, 6) is 0.116. The number of halogens is 3. The van der Waals surface area contributed by atoms with Crippen LogP contribution in [0.2, 0.25) is 0 Å². The van der Waals surface area contributed by atoms with Crippen LogP contribution < -0.4 is 5.32 Å². The van der Waals surface area contributed by atoms with Gasteiger partial charge < -0.3 is 10.2 Å². The Morgan fingerprint density at radius 3 is 2.81 bits per heavy atom. The average molecular weight is 298 g/mol. The van der Waals surface area contributed by atoms with Crippen molar-refractivity contribution in [3.63, 3.8) is 0 Å². The maximum Gasteiger partial charge on any atom is 0.416 e. The molecular formula is C15H17F3N2O. The van der Waals surface area contributed by atoms with Crippen LogP contribution in [0.5, 0.6) is 0 Å². The number of amides is 1. The van der Waals surface area contributed by atoms with Gasteiger partial charge in [-0.1, -0.05) is 6.07 Å². The SMILES string of the molecule is O=C(c1cccc(C(F)(F)F)c1)N1CC2CCCNC2C1. The summed E-state index contributed by atoms with van der Waals surface area (Å²) < 4.78 is 38.1. The topological polar surface area (TPSA) is 32.3 Å². The van der Waals surface area contributed by atoms with Gasteiger partial charge in [-0.25, -0.2) is 0 Å². The zero-order valence-electron chi connectivity index (χ0n) is 11.5. The molecule has 2 heterocycles. The van der Waals surface area contributed by atoms with Crippen LogP contribution in [0.15, 0.2) is 24.3 Å². The lowest BCUT2D eigenvalue weighted by Gasteiger charge is -2.24. The summed E-state index contributed by atoms with van der Waals surface area (Å²) in [6.07, 6.45) is -2.26. The van der Waals surface area contributed by atoms with E-state index in [-0.39, 0.29) is 17.5 Å². The Bertz CT molecular complexity index is 530. The molecule has 0 aliphatic carbocycles. The Morgan fingerprint density at radius 2 is 2.10 bits per heavy atom. The average Bonchev–Trinajstić information content (AvgIpc) is 2.89. The number of nitrogens with one attached hydrogen (secondary N) is 1. The molecular weight excluding hydrogens is 281 g/mol. The van der Waals surface area contributed by atoms with Gasteiger partial charge >= 0.3 is 6.18 Å². The monoisotopic (exact) mass is 298 g/mol. The third-order valence-electron chi connectivity index (χ3n) is 4.32. The number of rotatable bonds is 1. The molecule has 114 valence electrons. The first-order valence-electron chi connectivity index (χ1n) is 7.15. The molecule has 2 fully saturated rings. The molecule has 1 aromatic carbocycles. The van der Waals surface area contributed by atoms with Crippen LogP contribution in [-0.4, -0.2) is 36.5 Å². The van der Waals surface area contributed by atoms with Crippen LogP contribution in [0.3, 0.4) is 0 Å². The number of piperidine rings is 1. The lowest BCUT2D eigenvalue weighted by Crippen LogP contribution is -2.41. The molecule has 6 heteroatoms. The van der Waals surface area contributed by atoms with Crippen LogP contribution in [-0.2, 0) is 6.18 Å². The normalized spacial score (nSPS) is 25.8. The number of hydrogen-bond donors (Lipinski definition) is 1. The highest BCUT2D eigenvalue weighted by Gasteiger charge is 2.37. The van der Waals surface area contributed by atoms with Gasteiger partial charge in [0, 0.05) is 24.7 Å². The van der Waals surface area contributed by atoms with E-state index in [4.69, 9.17) is 0 Å². The summed E-state index contributed by atoms with van der Waals surface area (Å²) in [4.78, 5) is 14.1. The number of likely N-dealkylation sites (tertiary alicyclic amines) is 1. The van der Waals surface area contributed by atoms with Gasteiger partial charge in [0.05, 0.1) is 5.56 Å². The molecule has 2 saturated heterocycles. The fourth-order valence-electron chi connectivity index (χ4n) is 3.22. The minimum atomic E-state index is -4.42. The van der Waals surface area contributed by atoms with Gasteiger partial charge in [0.2, 0.25) is 0 Å². The van der Waals surface area contributed by atoms with Crippen molar-refractivity contribution in [3.8, 4) is 0 Å². The highest BCUT2D eigenvalue weighted by Crippen LogP contribution is 2.31. The Hall–Kier alpha value is -1.56. The maximum atomic E-state index is 12.7. The van der Waals surface area contributed by atoms with Crippen LogP contribution in [0.25, 0.3) is 0 Å². The third-order valence-corrected chi connectivity index (χ3v) is 4.32. The van der Waals surface area contributed by atoms with Crippen LogP contribution >= 0.6 is 0 Å². The van der Waals surface area contributed by atoms with Gasteiger partial charge in [-0.2, -0.15) is 13.2 Å². The summed E-state index contributed by atoms with van der Waals surface area (Å²) >= 11 is 0. The van der Waals surface area contributed by atoms with Crippen molar-refractivity contribution < 1.29 is 18.0 Å². The Labute approximate surface area is 121 Å². The van der Waals surface area contributed by atoms with Gasteiger partial charge in [0.15, 0.2) is 0 Å². The van der Waals surface area contributed by atoms with E-state index >= 15 is 0 Å². The second kappa shape index (κ2) is 5.33. The molecule has 1 N–H and O–H groups in total. The fourth-order valence-corrected chi connectivity index (χ4v) is 3.22. The highest BCUT2D eigenvalue weighted by atomic mass is 19.4. The summed E-state index contributed by atoms with van der Waals surface area (Å²) in [6, 6.07) is 4.96. The van der Waals surface area contributed by atoms with Crippen molar-refractivity contribution in [2.45, 2.75) is 25.1 Å². The van der Waals surface area contributed by atoms with Crippen molar-refractivity contribution in [2.75, 3.05) is 19.6 Å². The number of nitrogens with zero attached hydrogens (tertiary/aromatic N) is 1. The van der Waals surface area contributed by atoms with E-state index in [0.29, 0.717) is 19.0 Å². The standard InChI is InChI=1S/C15H17F3N2O/c16-15(17,18)12-5-1-3-10(7-12)14(21)20-8-11-4-2-6-19-13(11)9-20/h1,3,5,7,11,13,19H,2,4,6,8-9H2. The van der Waals surface area contributed by atoms with E-state index in [2.05, 4.69) is 5.32 Å². The number of carbonyl (C=O) groups excluding carboxylic acids is 1. The largest absolute Gasteiger partial charge is 0.416 e. The van der Waals surface area contributed by atoms with E-state index in [1.807, 2.05) is 0 Å². The number of alkyl halides is 3. The lowest BCUT2D eigenvalue weighted by molar-refractivity contribution is -0.137. The van der Waals surface area contributed by atoms with Crippen molar-refractivity contribution in [3.05, 3.63) is 35.4 Å².